The van der Waals surface area contributed by atoms with Gasteiger partial charge < -0.3 is 9.67 Å². The van der Waals surface area contributed by atoms with Crippen LogP contribution >= 0.6 is 11.6 Å². The molecule has 1 N–H and O–H groups in total. The molecule has 0 radical (unpaired) electrons. The second-order valence-electron chi connectivity index (χ2n) is 4.10. The molecule has 1 aromatic heterocycles. The number of hydrogen-bond acceptors (Lipinski definition) is 1. The van der Waals surface area contributed by atoms with Gasteiger partial charge in [-0.3, -0.25) is 0 Å². The lowest BCUT2D eigenvalue weighted by Gasteiger charge is -2.06. The third kappa shape index (κ3) is 1.45. The Bertz CT molecular complexity index is 514. The van der Waals surface area contributed by atoms with Crippen LogP contribution in [0, 0.1) is 0 Å². The lowest BCUT2D eigenvalue weighted by atomic mass is 10.2. The zero-order chi connectivity index (χ0) is 10.4. The zero-order valence-corrected chi connectivity index (χ0v) is 9.04. The Labute approximate surface area is 93.1 Å². The van der Waals surface area contributed by atoms with Crippen LogP contribution in [-0.2, 0) is 6.61 Å². The fourth-order valence-electron chi connectivity index (χ4n) is 2.15. The number of benzene rings is 1. The maximum absolute atomic E-state index is 9.31. The molecule has 15 heavy (non-hydrogen) atoms. The lowest BCUT2D eigenvalue weighted by Crippen LogP contribution is -1.99. The van der Waals surface area contributed by atoms with E-state index in [1.165, 1.54) is 18.4 Å². The zero-order valence-electron chi connectivity index (χ0n) is 8.28. The van der Waals surface area contributed by atoms with Gasteiger partial charge in [-0.25, -0.2) is 0 Å². The summed E-state index contributed by atoms with van der Waals surface area (Å²) in [7, 11) is 0. The first-order chi connectivity index (χ1) is 7.29. The van der Waals surface area contributed by atoms with Crippen LogP contribution in [0.1, 0.15) is 24.6 Å². The number of aromatic nitrogens is 1. The summed E-state index contributed by atoms with van der Waals surface area (Å²) in [5, 5.41) is 11.2. The molecule has 1 aliphatic rings. The second-order valence-corrected chi connectivity index (χ2v) is 4.53. The van der Waals surface area contributed by atoms with Crippen LogP contribution in [0.15, 0.2) is 24.3 Å². The molecule has 0 atom stereocenters. The predicted molar refractivity (Wildman–Crippen MR) is 61.1 cm³/mol. The van der Waals surface area contributed by atoms with Crippen molar-refractivity contribution in [1.82, 2.24) is 4.57 Å². The van der Waals surface area contributed by atoms with Crippen LogP contribution in [0.4, 0.5) is 0 Å². The fourth-order valence-corrected chi connectivity index (χ4v) is 2.33. The lowest BCUT2D eigenvalue weighted by molar-refractivity contribution is 0.271. The quantitative estimate of drug-likeness (QED) is 0.828. The molecule has 0 spiro atoms. The SMILES string of the molecule is OCc1cc2cc(Cl)ccc2n1C1CC1. The van der Waals surface area contributed by atoms with E-state index in [0.29, 0.717) is 6.04 Å². The van der Waals surface area contributed by atoms with E-state index in [0.717, 1.165) is 16.1 Å². The van der Waals surface area contributed by atoms with Crippen LogP contribution in [0.3, 0.4) is 0 Å². The molecule has 0 aliphatic heterocycles. The second kappa shape index (κ2) is 3.26. The monoisotopic (exact) mass is 221 g/mol. The van der Waals surface area contributed by atoms with E-state index in [1.807, 2.05) is 24.3 Å². The molecule has 3 heteroatoms. The molecule has 0 bridgehead atoms. The van der Waals surface area contributed by atoms with Gasteiger partial charge in [0, 0.05) is 27.7 Å². The Hall–Kier alpha value is -0.990. The first-order valence-electron chi connectivity index (χ1n) is 5.20. The third-order valence-electron chi connectivity index (χ3n) is 2.95. The third-order valence-corrected chi connectivity index (χ3v) is 3.19. The summed E-state index contributed by atoms with van der Waals surface area (Å²) in [6.07, 6.45) is 2.44. The van der Waals surface area contributed by atoms with Crippen molar-refractivity contribution in [2.75, 3.05) is 0 Å². The molecule has 1 aromatic carbocycles. The summed E-state index contributed by atoms with van der Waals surface area (Å²) in [5.41, 5.74) is 2.18. The molecule has 3 rings (SSSR count). The van der Waals surface area contributed by atoms with Crippen molar-refractivity contribution in [3.8, 4) is 0 Å². The Kier molecular flexibility index (Phi) is 2.01. The van der Waals surface area contributed by atoms with Gasteiger partial charge in [-0.2, -0.15) is 0 Å². The van der Waals surface area contributed by atoms with Crippen molar-refractivity contribution >= 4 is 22.5 Å². The van der Waals surface area contributed by atoms with Gasteiger partial charge in [0.2, 0.25) is 0 Å². The normalized spacial score (nSPS) is 16.1. The molecule has 2 nitrogen and oxygen atoms in total. The first-order valence-corrected chi connectivity index (χ1v) is 5.57. The number of aliphatic hydroxyl groups excluding tert-OH is 1. The van der Waals surface area contributed by atoms with E-state index < -0.39 is 0 Å². The van der Waals surface area contributed by atoms with Crippen molar-refractivity contribution in [2.45, 2.75) is 25.5 Å². The van der Waals surface area contributed by atoms with Crippen LogP contribution in [0.25, 0.3) is 10.9 Å². The number of fused-ring (bicyclic) bond motifs is 1. The Morgan fingerprint density at radius 1 is 1.33 bits per heavy atom. The van der Waals surface area contributed by atoms with Crippen LogP contribution in [0.5, 0.6) is 0 Å². The maximum Gasteiger partial charge on any atom is 0.0833 e. The Morgan fingerprint density at radius 3 is 2.80 bits per heavy atom. The summed E-state index contributed by atoms with van der Waals surface area (Å²) in [4.78, 5) is 0. The van der Waals surface area contributed by atoms with E-state index in [9.17, 15) is 5.11 Å². The minimum absolute atomic E-state index is 0.1000. The summed E-state index contributed by atoms with van der Waals surface area (Å²) in [6.45, 7) is 0.1000. The van der Waals surface area contributed by atoms with Crippen LogP contribution in [0.2, 0.25) is 5.02 Å². The molecule has 1 saturated carbocycles. The van der Waals surface area contributed by atoms with E-state index in [2.05, 4.69) is 4.57 Å². The van der Waals surface area contributed by atoms with E-state index >= 15 is 0 Å². The minimum atomic E-state index is 0.1000. The summed E-state index contributed by atoms with van der Waals surface area (Å²) in [5.74, 6) is 0. The fraction of sp³-hybridized carbons (Fsp3) is 0.333. The van der Waals surface area contributed by atoms with E-state index in [-0.39, 0.29) is 6.61 Å². The molecule has 1 heterocycles. The van der Waals surface area contributed by atoms with Gasteiger partial charge >= 0.3 is 0 Å². The molecule has 1 fully saturated rings. The molecule has 0 saturated heterocycles. The first kappa shape index (κ1) is 9.25. The maximum atomic E-state index is 9.31. The number of rotatable bonds is 2. The predicted octanol–water partition coefficient (Wildman–Crippen LogP) is 3.12. The molecule has 0 unspecified atom stereocenters. The molecule has 0 amide bonds. The molecule has 78 valence electrons. The number of halogens is 1. The average Bonchev–Trinajstić information content (AvgIpc) is 2.99. The highest BCUT2D eigenvalue weighted by molar-refractivity contribution is 6.31. The van der Waals surface area contributed by atoms with Crippen molar-refractivity contribution in [1.29, 1.82) is 0 Å². The average molecular weight is 222 g/mol. The Morgan fingerprint density at radius 2 is 2.13 bits per heavy atom. The van der Waals surface area contributed by atoms with Crippen LogP contribution in [-0.4, -0.2) is 9.67 Å². The summed E-state index contributed by atoms with van der Waals surface area (Å²) < 4.78 is 2.24. The highest BCUT2D eigenvalue weighted by atomic mass is 35.5. The number of aliphatic hydroxyl groups is 1. The van der Waals surface area contributed by atoms with Crippen LogP contribution < -0.4 is 0 Å². The van der Waals surface area contributed by atoms with Gasteiger partial charge in [0.25, 0.3) is 0 Å². The highest BCUT2D eigenvalue weighted by Gasteiger charge is 2.26. The largest absolute Gasteiger partial charge is 0.390 e. The van der Waals surface area contributed by atoms with Gasteiger partial charge in [-0.15, -0.1) is 0 Å². The van der Waals surface area contributed by atoms with Gasteiger partial charge in [-0.1, -0.05) is 11.6 Å². The molecule has 1 aliphatic carbocycles. The standard InChI is InChI=1S/C12H12ClNO/c13-9-1-4-12-8(5-9)6-11(7-15)14(12)10-2-3-10/h1,4-6,10,15H,2-3,7H2. The van der Waals surface area contributed by atoms with E-state index in [4.69, 9.17) is 11.6 Å². The van der Waals surface area contributed by atoms with Gasteiger partial charge in [0.1, 0.15) is 0 Å². The molecular formula is C12H12ClNO. The molecule has 2 aromatic rings. The van der Waals surface area contributed by atoms with Gasteiger partial charge in [-0.05, 0) is 37.1 Å². The highest BCUT2D eigenvalue weighted by Crippen LogP contribution is 2.40. The topological polar surface area (TPSA) is 25.2 Å². The Balaban J connectivity index is 2.28. The van der Waals surface area contributed by atoms with Crippen molar-refractivity contribution < 1.29 is 5.11 Å². The van der Waals surface area contributed by atoms with Gasteiger partial charge in [0.05, 0.1) is 6.61 Å². The summed E-state index contributed by atoms with van der Waals surface area (Å²) in [6, 6.07) is 8.51. The molecular weight excluding hydrogens is 210 g/mol. The number of nitrogens with zero attached hydrogens (tertiary/aromatic N) is 1. The smallest absolute Gasteiger partial charge is 0.0833 e. The van der Waals surface area contributed by atoms with Crippen molar-refractivity contribution in [2.24, 2.45) is 0 Å². The van der Waals surface area contributed by atoms with E-state index in [1.54, 1.807) is 0 Å². The summed E-state index contributed by atoms with van der Waals surface area (Å²) >= 11 is 5.95. The number of hydrogen-bond donors (Lipinski definition) is 1. The van der Waals surface area contributed by atoms with Crippen molar-refractivity contribution in [3.63, 3.8) is 0 Å². The minimum Gasteiger partial charge on any atom is -0.390 e. The van der Waals surface area contributed by atoms with Gasteiger partial charge in [0.15, 0.2) is 0 Å². The van der Waals surface area contributed by atoms with Crippen molar-refractivity contribution in [3.05, 3.63) is 35.0 Å².